The average Bonchev–Trinajstić information content (AvgIpc) is 2.31. The van der Waals surface area contributed by atoms with Gasteiger partial charge in [-0.3, -0.25) is 0 Å². The van der Waals surface area contributed by atoms with Crippen LogP contribution in [0.5, 0.6) is 0 Å². The molecule has 0 fully saturated rings. The van der Waals surface area contributed by atoms with Crippen molar-refractivity contribution in [2.45, 2.75) is 19.8 Å². The van der Waals surface area contributed by atoms with Crippen molar-refractivity contribution in [3.63, 3.8) is 0 Å². The molecule has 81 valence electrons. The first-order valence-electron chi connectivity index (χ1n) is 5.57. The zero-order valence-corrected chi connectivity index (χ0v) is 9.33. The van der Waals surface area contributed by atoms with E-state index in [1.165, 1.54) is 0 Å². The van der Waals surface area contributed by atoms with Gasteiger partial charge >= 0.3 is 0 Å². The molecule has 2 aromatic carbocycles. The van der Waals surface area contributed by atoms with Gasteiger partial charge in [-0.15, -0.1) is 0 Å². The maximum atomic E-state index is 13.8. The Labute approximate surface area is 95.7 Å². The molecule has 0 aliphatic carbocycles. The Morgan fingerprint density at radius 1 is 1.06 bits per heavy atom. The van der Waals surface area contributed by atoms with Gasteiger partial charge in [-0.05, 0) is 17.5 Å². The lowest BCUT2D eigenvalue weighted by atomic mass is 10.0. The molecule has 0 atom stereocenters. The third-order valence-corrected chi connectivity index (χ3v) is 2.56. The lowest BCUT2D eigenvalue weighted by molar-refractivity contribution is 0.626. The summed E-state index contributed by atoms with van der Waals surface area (Å²) in [6.07, 6.45) is 1.90. The summed E-state index contributed by atoms with van der Waals surface area (Å²) < 4.78 is 13.8. The minimum Gasteiger partial charge on any atom is -0.206 e. The van der Waals surface area contributed by atoms with Crippen LogP contribution in [-0.4, -0.2) is 0 Å². The molecule has 0 spiro atoms. The molecule has 0 aliphatic heterocycles. The van der Waals surface area contributed by atoms with E-state index in [1.54, 1.807) is 0 Å². The van der Waals surface area contributed by atoms with Gasteiger partial charge in [0, 0.05) is 11.6 Å². The molecule has 16 heavy (non-hydrogen) atoms. The molecule has 0 bridgehead atoms. The van der Waals surface area contributed by atoms with E-state index in [0.29, 0.717) is 5.56 Å². The summed E-state index contributed by atoms with van der Waals surface area (Å²) in [5, 5.41) is 0. The van der Waals surface area contributed by atoms with Crippen molar-refractivity contribution >= 4 is 0 Å². The second-order valence-corrected chi connectivity index (χ2v) is 3.83. The Hall–Kier alpha value is -1.63. The van der Waals surface area contributed by atoms with E-state index in [-0.39, 0.29) is 5.82 Å². The predicted molar refractivity (Wildman–Crippen MR) is 64.7 cm³/mol. The van der Waals surface area contributed by atoms with Crippen LogP contribution in [0.1, 0.15) is 18.9 Å². The van der Waals surface area contributed by atoms with Crippen LogP contribution in [0.3, 0.4) is 0 Å². The first-order valence-corrected chi connectivity index (χ1v) is 5.57. The summed E-state index contributed by atoms with van der Waals surface area (Å²) in [4.78, 5) is 0. The van der Waals surface area contributed by atoms with Gasteiger partial charge in [0.05, 0.1) is 0 Å². The second kappa shape index (κ2) is 4.93. The van der Waals surface area contributed by atoms with E-state index in [4.69, 9.17) is 0 Å². The highest BCUT2D eigenvalue weighted by molar-refractivity contribution is 5.64. The summed E-state index contributed by atoms with van der Waals surface area (Å²) >= 11 is 0. The molecule has 0 saturated heterocycles. The molecule has 1 heteroatoms. The third-order valence-electron chi connectivity index (χ3n) is 2.56. The number of halogens is 1. The molecule has 0 N–H and O–H groups in total. The SMILES string of the molecule is CCCc1[c]c(F)c(-c2ccccc2)cc1. The van der Waals surface area contributed by atoms with E-state index in [2.05, 4.69) is 13.0 Å². The van der Waals surface area contributed by atoms with Crippen LogP contribution < -0.4 is 0 Å². The summed E-state index contributed by atoms with van der Waals surface area (Å²) in [6, 6.07) is 16.2. The van der Waals surface area contributed by atoms with Crippen molar-refractivity contribution in [2.24, 2.45) is 0 Å². The smallest absolute Gasteiger partial charge is 0.139 e. The Kier molecular flexibility index (Phi) is 3.35. The van der Waals surface area contributed by atoms with Crippen LogP contribution in [0.2, 0.25) is 0 Å². The first-order chi connectivity index (χ1) is 7.81. The van der Waals surface area contributed by atoms with Gasteiger partial charge in [0.25, 0.3) is 0 Å². The van der Waals surface area contributed by atoms with E-state index >= 15 is 0 Å². The van der Waals surface area contributed by atoms with Crippen LogP contribution in [0.25, 0.3) is 11.1 Å². The van der Waals surface area contributed by atoms with E-state index in [0.717, 1.165) is 24.0 Å². The van der Waals surface area contributed by atoms with Gasteiger partial charge in [0.1, 0.15) is 5.82 Å². The standard InChI is InChI=1S/C15H14F/c1-2-6-12-9-10-14(15(16)11-12)13-7-4-3-5-8-13/h3-5,7-10H,2,6H2,1H3. The molecule has 0 unspecified atom stereocenters. The Morgan fingerprint density at radius 2 is 1.81 bits per heavy atom. The fourth-order valence-electron chi connectivity index (χ4n) is 1.76. The lowest BCUT2D eigenvalue weighted by Crippen LogP contribution is -1.89. The summed E-state index contributed by atoms with van der Waals surface area (Å²) in [6.45, 7) is 2.08. The Balaban J connectivity index is 2.37. The van der Waals surface area contributed by atoms with Gasteiger partial charge in [-0.25, -0.2) is 4.39 Å². The Morgan fingerprint density at radius 3 is 2.44 bits per heavy atom. The van der Waals surface area contributed by atoms with Gasteiger partial charge in [-0.2, -0.15) is 0 Å². The molecular formula is C15H14F. The monoisotopic (exact) mass is 213 g/mol. The first kappa shape index (κ1) is 10.9. The minimum absolute atomic E-state index is 0.253. The summed E-state index contributed by atoms with van der Waals surface area (Å²) in [5.74, 6) is -0.253. The number of rotatable bonds is 3. The molecule has 2 aromatic rings. The predicted octanol–water partition coefficient (Wildman–Crippen LogP) is 4.25. The van der Waals surface area contributed by atoms with Crippen LogP contribution in [0.4, 0.5) is 4.39 Å². The molecule has 1 radical (unpaired) electrons. The second-order valence-electron chi connectivity index (χ2n) is 3.83. The molecule has 0 nitrogen and oxygen atoms in total. The van der Waals surface area contributed by atoms with E-state index in [9.17, 15) is 4.39 Å². The van der Waals surface area contributed by atoms with Gasteiger partial charge in [-0.1, -0.05) is 55.8 Å². The van der Waals surface area contributed by atoms with Crippen molar-refractivity contribution in [3.8, 4) is 11.1 Å². The third kappa shape index (κ3) is 2.30. The lowest BCUT2D eigenvalue weighted by Gasteiger charge is -2.05. The van der Waals surface area contributed by atoms with Gasteiger partial charge < -0.3 is 0 Å². The zero-order chi connectivity index (χ0) is 11.4. The highest BCUT2D eigenvalue weighted by atomic mass is 19.1. The maximum Gasteiger partial charge on any atom is 0.139 e. The van der Waals surface area contributed by atoms with Crippen LogP contribution >= 0.6 is 0 Å². The van der Waals surface area contributed by atoms with E-state index in [1.807, 2.05) is 42.5 Å². The molecule has 2 rings (SSSR count). The van der Waals surface area contributed by atoms with Crippen LogP contribution in [0.15, 0.2) is 42.5 Å². The molecule has 0 saturated carbocycles. The molecule has 0 aromatic heterocycles. The van der Waals surface area contributed by atoms with Crippen molar-refractivity contribution in [3.05, 3.63) is 59.9 Å². The quantitative estimate of drug-likeness (QED) is 0.715. The summed E-state index contributed by atoms with van der Waals surface area (Å²) in [7, 11) is 0. The largest absolute Gasteiger partial charge is 0.206 e. The van der Waals surface area contributed by atoms with Crippen molar-refractivity contribution in [1.82, 2.24) is 0 Å². The highest BCUT2D eigenvalue weighted by Crippen LogP contribution is 2.23. The normalized spacial score (nSPS) is 10.4. The topological polar surface area (TPSA) is 0 Å². The number of benzene rings is 2. The fraction of sp³-hybridized carbons (Fsp3) is 0.200. The van der Waals surface area contributed by atoms with Gasteiger partial charge in [0.2, 0.25) is 0 Å². The highest BCUT2D eigenvalue weighted by Gasteiger charge is 2.05. The van der Waals surface area contributed by atoms with Crippen molar-refractivity contribution in [1.29, 1.82) is 0 Å². The zero-order valence-electron chi connectivity index (χ0n) is 9.33. The molecule has 0 heterocycles. The van der Waals surface area contributed by atoms with Crippen LogP contribution in [0, 0.1) is 11.9 Å². The molecule has 0 amide bonds. The number of hydrogen-bond donors (Lipinski definition) is 0. The number of hydrogen-bond acceptors (Lipinski definition) is 0. The van der Waals surface area contributed by atoms with Crippen molar-refractivity contribution < 1.29 is 4.39 Å². The van der Waals surface area contributed by atoms with E-state index < -0.39 is 0 Å². The fourth-order valence-corrected chi connectivity index (χ4v) is 1.76. The number of aryl methyl sites for hydroxylation is 1. The minimum atomic E-state index is -0.253. The Bertz CT molecular complexity index is 460. The summed E-state index contributed by atoms with van der Waals surface area (Å²) in [5.41, 5.74) is 2.47. The van der Waals surface area contributed by atoms with Crippen LogP contribution in [-0.2, 0) is 6.42 Å². The average molecular weight is 213 g/mol. The molecule has 0 aliphatic rings. The maximum absolute atomic E-state index is 13.8. The van der Waals surface area contributed by atoms with Crippen molar-refractivity contribution in [2.75, 3.05) is 0 Å². The van der Waals surface area contributed by atoms with Gasteiger partial charge in [0.15, 0.2) is 0 Å². The molecular weight excluding hydrogens is 199 g/mol.